The monoisotopic (exact) mass is 263 g/mol. The minimum Gasteiger partial charge on any atom is -0.264 e. The number of hydrogen-bond acceptors (Lipinski definition) is 4. The van der Waals surface area contributed by atoms with E-state index < -0.39 is 0 Å². The normalized spacial score (nSPS) is 10.7. The van der Waals surface area contributed by atoms with Gasteiger partial charge in [-0.05, 0) is 25.5 Å². The fraction of sp³-hybridized carbons (Fsp3) is 0.200. The molecular weight excluding hydrogens is 250 g/mol. The number of pyridine rings is 2. The molecule has 0 fully saturated rings. The SMILES string of the molecule is CCn1ncc2c(-c3cncc(C)c3)c(C#N)cnc21. The zero-order valence-electron chi connectivity index (χ0n) is 11.3. The lowest BCUT2D eigenvalue weighted by Gasteiger charge is -2.06. The fourth-order valence-corrected chi connectivity index (χ4v) is 2.35. The van der Waals surface area contributed by atoms with Gasteiger partial charge >= 0.3 is 0 Å². The molecule has 0 saturated carbocycles. The van der Waals surface area contributed by atoms with Crippen LogP contribution in [0.2, 0.25) is 0 Å². The summed E-state index contributed by atoms with van der Waals surface area (Å²) >= 11 is 0. The second kappa shape index (κ2) is 4.74. The van der Waals surface area contributed by atoms with E-state index in [1.54, 1.807) is 24.8 Å². The van der Waals surface area contributed by atoms with Crippen LogP contribution >= 0.6 is 0 Å². The van der Waals surface area contributed by atoms with Crippen molar-refractivity contribution >= 4 is 11.0 Å². The van der Waals surface area contributed by atoms with Crippen LogP contribution in [0, 0.1) is 18.3 Å². The highest BCUT2D eigenvalue weighted by Crippen LogP contribution is 2.30. The largest absolute Gasteiger partial charge is 0.264 e. The molecule has 0 atom stereocenters. The first kappa shape index (κ1) is 12.3. The number of aromatic nitrogens is 4. The number of fused-ring (bicyclic) bond motifs is 1. The van der Waals surface area contributed by atoms with Crippen LogP contribution in [0.25, 0.3) is 22.2 Å². The van der Waals surface area contributed by atoms with Gasteiger partial charge in [0, 0.05) is 41.6 Å². The zero-order valence-corrected chi connectivity index (χ0v) is 11.3. The maximum atomic E-state index is 9.33. The fourth-order valence-electron chi connectivity index (χ4n) is 2.35. The maximum Gasteiger partial charge on any atom is 0.158 e. The molecule has 3 heterocycles. The average Bonchev–Trinajstić information content (AvgIpc) is 2.89. The van der Waals surface area contributed by atoms with Crippen LogP contribution in [0.3, 0.4) is 0 Å². The van der Waals surface area contributed by atoms with Crippen molar-refractivity contribution in [3.8, 4) is 17.2 Å². The molecule has 0 unspecified atom stereocenters. The van der Waals surface area contributed by atoms with Crippen LogP contribution in [0.1, 0.15) is 18.1 Å². The first-order chi connectivity index (χ1) is 9.74. The van der Waals surface area contributed by atoms with Crippen molar-refractivity contribution in [3.05, 3.63) is 42.0 Å². The Morgan fingerprint density at radius 3 is 2.80 bits per heavy atom. The van der Waals surface area contributed by atoms with Gasteiger partial charge in [0.1, 0.15) is 6.07 Å². The molecule has 5 heteroatoms. The number of hydrogen-bond donors (Lipinski definition) is 0. The highest BCUT2D eigenvalue weighted by molar-refractivity contribution is 5.95. The van der Waals surface area contributed by atoms with Gasteiger partial charge in [-0.2, -0.15) is 10.4 Å². The zero-order chi connectivity index (χ0) is 14.1. The molecule has 0 amide bonds. The molecule has 0 spiro atoms. The summed E-state index contributed by atoms with van der Waals surface area (Å²) in [4.78, 5) is 8.56. The molecule has 3 rings (SSSR count). The standard InChI is InChI=1S/C15H13N5/c1-3-20-15-13(9-19-20)14(12(5-16)8-18-15)11-4-10(2)6-17-7-11/h4,6-9H,3H2,1-2H3. The molecular formula is C15H13N5. The lowest BCUT2D eigenvalue weighted by molar-refractivity contribution is 0.677. The van der Waals surface area contributed by atoms with Gasteiger partial charge in [-0.3, -0.25) is 4.98 Å². The third-order valence-corrected chi connectivity index (χ3v) is 3.25. The van der Waals surface area contributed by atoms with Crippen LogP contribution in [-0.2, 0) is 6.54 Å². The van der Waals surface area contributed by atoms with Gasteiger partial charge in [0.15, 0.2) is 5.65 Å². The topological polar surface area (TPSA) is 67.4 Å². The Bertz CT molecular complexity index is 826. The van der Waals surface area contributed by atoms with E-state index in [2.05, 4.69) is 21.1 Å². The Kier molecular flexibility index (Phi) is 2.92. The van der Waals surface area contributed by atoms with Crippen molar-refractivity contribution in [2.24, 2.45) is 0 Å². The van der Waals surface area contributed by atoms with Crippen molar-refractivity contribution in [1.29, 1.82) is 5.26 Å². The Morgan fingerprint density at radius 1 is 1.25 bits per heavy atom. The number of nitriles is 1. The van der Waals surface area contributed by atoms with Crippen molar-refractivity contribution in [2.75, 3.05) is 0 Å². The van der Waals surface area contributed by atoms with Crippen molar-refractivity contribution < 1.29 is 0 Å². The van der Waals surface area contributed by atoms with Gasteiger partial charge in [-0.1, -0.05) is 0 Å². The Balaban J connectivity index is 2.38. The molecule has 0 radical (unpaired) electrons. The van der Waals surface area contributed by atoms with Crippen LogP contribution < -0.4 is 0 Å². The minimum absolute atomic E-state index is 0.542. The number of nitrogens with zero attached hydrogens (tertiary/aromatic N) is 5. The Morgan fingerprint density at radius 2 is 2.10 bits per heavy atom. The van der Waals surface area contributed by atoms with Gasteiger partial charge in [-0.25, -0.2) is 9.67 Å². The predicted molar refractivity (Wildman–Crippen MR) is 75.9 cm³/mol. The van der Waals surface area contributed by atoms with E-state index in [1.807, 2.05) is 24.6 Å². The van der Waals surface area contributed by atoms with Crippen LogP contribution in [-0.4, -0.2) is 19.7 Å². The second-order valence-electron chi connectivity index (χ2n) is 4.61. The summed E-state index contributed by atoms with van der Waals surface area (Å²) < 4.78 is 1.82. The van der Waals surface area contributed by atoms with Crippen molar-refractivity contribution in [3.63, 3.8) is 0 Å². The van der Waals surface area contributed by atoms with Crippen LogP contribution in [0.5, 0.6) is 0 Å². The molecule has 20 heavy (non-hydrogen) atoms. The number of aryl methyl sites for hydroxylation is 2. The van der Waals surface area contributed by atoms with E-state index in [9.17, 15) is 5.26 Å². The smallest absolute Gasteiger partial charge is 0.158 e. The quantitative estimate of drug-likeness (QED) is 0.713. The van der Waals surface area contributed by atoms with Gasteiger partial charge in [0.2, 0.25) is 0 Å². The summed E-state index contributed by atoms with van der Waals surface area (Å²) in [6.07, 6.45) is 6.94. The van der Waals surface area contributed by atoms with Crippen molar-refractivity contribution in [1.82, 2.24) is 19.7 Å². The summed E-state index contributed by atoms with van der Waals surface area (Å²) in [6, 6.07) is 4.23. The third kappa shape index (κ3) is 1.82. The Hall–Kier alpha value is -2.74. The molecule has 0 N–H and O–H groups in total. The van der Waals surface area contributed by atoms with E-state index in [0.29, 0.717) is 5.56 Å². The number of rotatable bonds is 2. The van der Waals surface area contributed by atoms with E-state index in [4.69, 9.17) is 0 Å². The van der Waals surface area contributed by atoms with Crippen LogP contribution in [0.15, 0.2) is 30.9 Å². The highest BCUT2D eigenvalue weighted by atomic mass is 15.3. The summed E-state index contributed by atoms with van der Waals surface area (Å²) in [5, 5.41) is 14.5. The van der Waals surface area contributed by atoms with E-state index in [0.717, 1.165) is 34.3 Å². The first-order valence-corrected chi connectivity index (χ1v) is 6.41. The van der Waals surface area contributed by atoms with E-state index >= 15 is 0 Å². The maximum absolute atomic E-state index is 9.33. The lowest BCUT2D eigenvalue weighted by atomic mass is 10.00. The first-order valence-electron chi connectivity index (χ1n) is 6.41. The van der Waals surface area contributed by atoms with Crippen molar-refractivity contribution in [2.45, 2.75) is 20.4 Å². The average molecular weight is 263 g/mol. The molecule has 0 bridgehead atoms. The Labute approximate surface area is 116 Å². The van der Waals surface area contributed by atoms with Gasteiger partial charge in [-0.15, -0.1) is 0 Å². The summed E-state index contributed by atoms with van der Waals surface area (Å²) in [7, 11) is 0. The molecule has 5 nitrogen and oxygen atoms in total. The van der Waals surface area contributed by atoms with Gasteiger partial charge in [0.25, 0.3) is 0 Å². The second-order valence-corrected chi connectivity index (χ2v) is 4.61. The van der Waals surface area contributed by atoms with E-state index in [-0.39, 0.29) is 0 Å². The summed E-state index contributed by atoms with van der Waals surface area (Å²) in [5.74, 6) is 0. The minimum atomic E-state index is 0.542. The molecule has 0 aliphatic heterocycles. The van der Waals surface area contributed by atoms with Gasteiger partial charge < -0.3 is 0 Å². The summed E-state index contributed by atoms with van der Waals surface area (Å²) in [6.45, 7) is 4.74. The third-order valence-electron chi connectivity index (χ3n) is 3.25. The predicted octanol–water partition coefficient (Wildman–Crippen LogP) is 2.69. The molecule has 0 aromatic carbocycles. The molecule has 98 valence electrons. The molecule has 0 aliphatic rings. The molecule has 3 aromatic heterocycles. The summed E-state index contributed by atoms with van der Waals surface area (Å²) in [5.41, 5.74) is 4.17. The van der Waals surface area contributed by atoms with Gasteiger partial charge in [0.05, 0.1) is 11.8 Å². The molecule has 0 aliphatic carbocycles. The molecule has 0 saturated heterocycles. The lowest BCUT2D eigenvalue weighted by Crippen LogP contribution is -1.98. The highest BCUT2D eigenvalue weighted by Gasteiger charge is 2.14. The van der Waals surface area contributed by atoms with E-state index in [1.165, 1.54) is 0 Å². The van der Waals surface area contributed by atoms with Crippen LogP contribution in [0.4, 0.5) is 0 Å². The molecule has 3 aromatic rings.